The third-order valence-corrected chi connectivity index (χ3v) is 5.73. The lowest BCUT2D eigenvalue weighted by molar-refractivity contribution is -0.0691. The normalized spacial score (nSPS) is 18.6. The third-order valence-electron chi connectivity index (χ3n) is 5.30. The van der Waals surface area contributed by atoms with Crippen LogP contribution in [0.2, 0.25) is 0 Å². The average Bonchev–Trinajstić information content (AvgIpc) is 3.24. The van der Waals surface area contributed by atoms with E-state index < -0.39 is 0 Å². The van der Waals surface area contributed by atoms with E-state index in [0.717, 1.165) is 5.56 Å². The minimum Gasteiger partial charge on any atom is -0.444 e. The molecule has 1 aliphatic heterocycles. The van der Waals surface area contributed by atoms with Gasteiger partial charge in [-0.15, -0.1) is 0 Å². The summed E-state index contributed by atoms with van der Waals surface area (Å²) in [5.41, 5.74) is 2.03. The van der Waals surface area contributed by atoms with Crippen LogP contribution in [0.15, 0.2) is 75.8 Å². The molecule has 3 aromatic rings. The number of nitrogens with zero attached hydrogens (tertiary/aromatic N) is 2. The number of morpholine rings is 1. The Morgan fingerprint density at radius 1 is 1.00 bits per heavy atom. The van der Waals surface area contributed by atoms with Gasteiger partial charge in [0.05, 0.1) is 23.9 Å². The predicted octanol–water partition coefficient (Wildman–Crippen LogP) is 4.92. The maximum absolute atomic E-state index is 13.5. The van der Waals surface area contributed by atoms with Crippen LogP contribution >= 0.6 is 15.9 Å². The van der Waals surface area contributed by atoms with Gasteiger partial charge < -0.3 is 19.0 Å². The van der Waals surface area contributed by atoms with Crippen molar-refractivity contribution in [3.8, 4) is 0 Å². The number of para-hydroxylation sites is 1. The maximum Gasteiger partial charge on any atom is 0.293 e. The molecule has 1 fully saturated rings. The van der Waals surface area contributed by atoms with Gasteiger partial charge in [-0.1, -0.05) is 42.5 Å². The number of anilines is 1. The molecule has 1 aromatic heterocycles. The van der Waals surface area contributed by atoms with Crippen LogP contribution in [0.4, 0.5) is 5.69 Å². The molecule has 0 N–H and O–H groups in total. The van der Waals surface area contributed by atoms with Gasteiger partial charge in [0.15, 0.2) is 10.4 Å². The maximum atomic E-state index is 13.5. The second-order valence-electron chi connectivity index (χ2n) is 7.54. The van der Waals surface area contributed by atoms with E-state index in [9.17, 15) is 9.59 Å². The minimum atomic E-state index is -0.330. The first-order valence-corrected chi connectivity index (χ1v) is 10.9. The number of rotatable bonds is 4. The molecular formula is C24H23BrN2O4. The number of carbonyl (C=O) groups excluding carboxylic acids is 2. The van der Waals surface area contributed by atoms with E-state index >= 15 is 0 Å². The molecule has 31 heavy (non-hydrogen) atoms. The molecule has 2 unspecified atom stereocenters. The molecule has 160 valence electrons. The van der Waals surface area contributed by atoms with Crippen molar-refractivity contribution in [2.45, 2.75) is 19.1 Å². The van der Waals surface area contributed by atoms with E-state index in [-0.39, 0.29) is 29.8 Å². The molecule has 0 saturated carbocycles. The monoisotopic (exact) mass is 482 g/mol. The molecule has 0 bridgehead atoms. The van der Waals surface area contributed by atoms with Crippen LogP contribution in [-0.4, -0.2) is 43.0 Å². The molecule has 0 aliphatic carbocycles. The van der Waals surface area contributed by atoms with Crippen molar-refractivity contribution in [3.63, 3.8) is 0 Å². The van der Waals surface area contributed by atoms with Gasteiger partial charge in [0.1, 0.15) is 6.10 Å². The number of hydrogen-bond donors (Lipinski definition) is 0. The summed E-state index contributed by atoms with van der Waals surface area (Å²) in [4.78, 5) is 29.6. The van der Waals surface area contributed by atoms with Crippen molar-refractivity contribution in [1.82, 2.24) is 4.90 Å². The first-order chi connectivity index (χ1) is 14.9. The second-order valence-corrected chi connectivity index (χ2v) is 8.32. The molecule has 4 rings (SSSR count). The molecule has 6 nitrogen and oxygen atoms in total. The number of ether oxygens (including phenoxy) is 1. The molecule has 1 saturated heterocycles. The highest BCUT2D eigenvalue weighted by Crippen LogP contribution is 2.29. The second kappa shape index (κ2) is 9.08. The highest BCUT2D eigenvalue weighted by atomic mass is 79.9. The Hall–Kier alpha value is -2.90. The van der Waals surface area contributed by atoms with Crippen molar-refractivity contribution in [2.75, 3.05) is 25.0 Å². The fraction of sp³-hybridized carbons (Fsp3) is 0.250. The standard InChI is InChI=1S/C24H23BrN2O4/c1-16-14-27(15-21(30-16)17-8-4-3-5-9-17)23(28)18-10-6-7-11-19(18)26(2)24(29)20-12-13-22(25)31-20/h3-13,16,21H,14-15H2,1-2H3. The smallest absolute Gasteiger partial charge is 0.293 e. The highest BCUT2D eigenvalue weighted by molar-refractivity contribution is 9.10. The Balaban J connectivity index is 1.59. The van der Waals surface area contributed by atoms with Gasteiger partial charge in [-0.25, -0.2) is 0 Å². The van der Waals surface area contributed by atoms with Gasteiger partial charge >= 0.3 is 0 Å². The Morgan fingerprint density at radius 3 is 2.42 bits per heavy atom. The molecular weight excluding hydrogens is 460 g/mol. The summed E-state index contributed by atoms with van der Waals surface area (Å²) >= 11 is 3.22. The number of carbonyl (C=O) groups is 2. The number of hydrogen-bond acceptors (Lipinski definition) is 4. The summed E-state index contributed by atoms with van der Waals surface area (Å²) in [6.45, 7) is 2.90. The third kappa shape index (κ3) is 4.57. The molecule has 2 heterocycles. The van der Waals surface area contributed by atoms with Crippen LogP contribution in [0.25, 0.3) is 0 Å². The summed E-state index contributed by atoms with van der Waals surface area (Å²) in [5.74, 6) is -0.267. The Bertz CT molecular complexity index is 1080. The summed E-state index contributed by atoms with van der Waals surface area (Å²) < 4.78 is 12.0. The van der Waals surface area contributed by atoms with Crippen molar-refractivity contribution >= 4 is 33.4 Å². The van der Waals surface area contributed by atoms with E-state index in [1.54, 1.807) is 42.3 Å². The Morgan fingerprint density at radius 2 is 1.71 bits per heavy atom. The lowest BCUT2D eigenvalue weighted by atomic mass is 10.0. The van der Waals surface area contributed by atoms with E-state index in [0.29, 0.717) is 29.0 Å². The fourth-order valence-corrected chi connectivity index (χ4v) is 4.10. The van der Waals surface area contributed by atoms with Gasteiger partial charge in [0.25, 0.3) is 11.8 Å². The molecule has 2 amide bonds. The van der Waals surface area contributed by atoms with Crippen LogP contribution in [-0.2, 0) is 4.74 Å². The van der Waals surface area contributed by atoms with Crippen LogP contribution in [0.1, 0.15) is 39.5 Å². The first kappa shape index (κ1) is 21.3. The molecule has 0 radical (unpaired) electrons. The number of benzene rings is 2. The van der Waals surface area contributed by atoms with E-state index in [4.69, 9.17) is 9.15 Å². The average molecular weight is 483 g/mol. The van der Waals surface area contributed by atoms with Crippen molar-refractivity contribution in [3.05, 3.63) is 88.3 Å². The Labute approximate surface area is 189 Å². The van der Waals surface area contributed by atoms with Crippen LogP contribution in [0.3, 0.4) is 0 Å². The van der Waals surface area contributed by atoms with Crippen molar-refractivity contribution < 1.29 is 18.7 Å². The topological polar surface area (TPSA) is 63.0 Å². The molecule has 1 aliphatic rings. The molecule has 2 aromatic carbocycles. The number of halogens is 1. The van der Waals surface area contributed by atoms with Crippen LogP contribution in [0.5, 0.6) is 0 Å². The fourth-order valence-electron chi connectivity index (χ4n) is 3.79. The number of amides is 2. The molecule has 2 atom stereocenters. The van der Waals surface area contributed by atoms with Gasteiger partial charge in [-0.2, -0.15) is 0 Å². The van der Waals surface area contributed by atoms with E-state index in [2.05, 4.69) is 15.9 Å². The summed E-state index contributed by atoms with van der Waals surface area (Å²) in [6, 6.07) is 20.3. The van der Waals surface area contributed by atoms with Gasteiger partial charge in [0, 0.05) is 13.6 Å². The first-order valence-electron chi connectivity index (χ1n) is 10.1. The van der Waals surface area contributed by atoms with Crippen LogP contribution < -0.4 is 4.90 Å². The lowest BCUT2D eigenvalue weighted by Crippen LogP contribution is -2.46. The zero-order valence-corrected chi connectivity index (χ0v) is 18.9. The Kier molecular flexibility index (Phi) is 6.25. The summed E-state index contributed by atoms with van der Waals surface area (Å²) in [5, 5.41) is 0. The zero-order valence-electron chi connectivity index (χ0n) is 17.3. The van der Waals surface area contributed by atoms with Gasteiger partial charge in [-0.3, -0.25) is 9.59 Å². The lowest BCUT2D eigenvalue weighted by Gasteiger charge is -2.37. The predicted molar refractivity (Wildman–Crippen MR) is 121 cm³/mol. The zero-order chi connectivity index (χ0) is 22.0. The summed E-state index contributed by atoms with van der Waals surface area (Å²) in [7, 11) is 1.64. The number of furan rings is 1. The van der Waals surface area contributed by atoms with E-state index in [1.807, 2.05) is 43.3 Å². The minimum absolute atomic E-state index is 0.102. The highest BCUT2D eigenvalue weighted by Gasteiger charge is 2.31. The largest absolute Gasteiger partial charge is 0.444 e. The van der Waals surface area contributed by atoms with E-state index in [1.165, 1.54) is 4.90 Å². The SMILES string of the molecule is CC1CN(C(=O)c2ccccc2N(C)C(=O)c2ccc(Br)o2)CC(c2ccccc2)O1. The van der Waals surface area contributed by atoms with Crippen molar-refractivity contribution in [2.24, 2.45) is 0 Å². The molecule has 0 spiro atoms. The van der Waals surface area contributed by atoms with Gasteiger partial charge in [0.2, 0.25) is 0 Å². The van der Waals surface area contributed by atoms with Gasteiger partial charge in [-0.05, 0) is 52.7 Å². The summed E-state index contributed by atoms with van der Waals surface area (Å²) in [6.07, 6.45) is -0.296. The van der Waals surface area contributed by atoms with Crippen molar-refractivity contribution in [1.29, 1.82) is 0 Å². The molecule has 7 heteroatoms. The quantitative estimate of drug-likeness (QED) is 0.529. The van der Waals surface area contributed by atoms with Crippen LogP contribution in [0, 0.1) is 0 Å².